The van der Waals surface area contributed by atoms with E-state index < -0.39 is 6.29 Å². The number of rotatable bonds is 0. The molecule has 3 heteroatoms. The Labute approximate surface area is 77.1 Å². The molecule has 3 aliphatic rings. The largest absolute Gasteiger partial charge is 0.435 e. The predicted octanol–water partition coefficient (Wildman–Crippen LogP) is 0.770. The summed E-state index contributed by atoms with van der Waals surface area (Å²) in [5.74, 6) is 1.64. The van der Waals surface area contributed by atoms with Crippen molar-refractivity contribution in [1.29, 1.82) is 0 Å². The Balaban J connectivity index is 1.96. The highest BCUT2D eigenvalue weighted by Gasteiger charge is 2.61. The van der Waals surface area contributed by atoms with Crippen molar-refractivity contribution >= 4 is 5.97 Å². The molecular weight excluding hydrogens is 168 g/mol. The van der Waals surface area contributed by atoms with Crippen LogP contribution in [0.1, 0.15) is 19.8 Å². The lowest BCUT2D eigenvalue weighted by Gasteiger charge is -2.26. The van der Waals surface area contributed by atoms with E-state index in [0.717, 1.165) is 6.42 Å². The van der Waals surface area contributed by atoms with E-state index in [1.165, 1.54) is 6.42 Å². The molecule has 13 heavy (non-hydrogen) atoms. The molecule has 2 bridgehead atoms. The Bertz CT molecular complexity index is 263. The molecule has 1 saturated heterocycles. The van der Waals surface area contributed by atoms with E-state index in [1.54, 1.807) is 0 Å². The highest BCUT2D eigenvalue weighted by Crippen LogP contribution is 2.58. The van der Waals surface area contributed by atoms with Gasteiger partial charge in [-0.1, -0.05) is 6.92 Å². The Morgan fingerprint density at radius 1 is 1.46 bits per heavy atom. The van der Waals surface area contributed by atoms with Crippen LogP contribution in [-0.4, -0.2) is 17.4 Å². The Hall–Kier alpha value is -0.570. The maximum absolute atomic E-state index is 11.4. The normalized spacial score (nSPS) is 58.2. The molecule has 3 nitrogen and oxygen atoms in total. The van der Waals surface area contributed by atoms with Crippen molar-refractivity contribution in [3.63, 3.8) is 0 Å². The molecule has 3 rings (SSSR count). The van der Waals surface area contributed by atoms with Gasteiger partial charge in [-0.2, -0.15) is 0 Å². The molecule has 0 aromatic rings. The zero-order chi connectivity index (χ0) is 9.16. The van der Waals surface area contributed by atoms with Crippen LogP contribution < -0.4 is 0 Å². The number of fused-ring (bicyclic) bond motifs is 5. The molecule has 0 aromatic carbocycles. The van der Waals surface area contributed by atoms with Gasteiger partial charge >= 0.3 is 5.97 Å². The number of ether oxygens (including phenoxy) is 1. The van der Waals surface area contributed by atoms with Gasteiger partial charge in [-0.25, -0.2) is 0 Å². The van der Waals surface area contributed by atoms with Gasteiger partial charge in [-0.15, -0.1) is 0 Å². The fourth-order valence-electron chi connectivity index (χ4n) is 3.74. The standard InChI is InChI=1S/C10H14O3/c1-4-2-5-3-6(4)8-7(5)9(11)13-10(8)12/h4-9,11H,2-3H2,1H3. The molecule has 6 atom stereocenters. The zero-order valence-corrected chi connectivity index (χ0v) is 7.64. The molecule has 3 fully saturated rings. The van der Waals surface area contributed by atoms with Crippen molar-refractivity contribution in [2.75, 3.05) is 0 Å². The molecule has 1 aliphatic heterocycles. The minimum absolute atomic E-state index is 0.0174. The van der Waals surface area contributed by atoms with E-state index in [-0.39, 0.29) is 17.8 Å². The number of hydrogen-bond acceptors (Lipinski definition) is 3. The van der Waals surface area contributed by atoms with Crippen LogP contribution in [0, 0.1) is 29.6 Å². The van der Waals surface area contributed by atoms with E-state index in [9.17, 15) is 9.90 Å². The molecule has 0 amide bonds. The van der Waals surface area contributed by atoms with Gasteiger partial charge in [-0.05, 0) is 30.6 Å². The number of aliphatic hydroxyl groups is 1. The summed E-state index contributed by atoms with van der Waals surface area (Å²) in [6.45, 7) is 2.21. The lowest BCUT2D eigenvalue weighted by molar-refractivity contribution is -0.158. The van der Waals surface area contributed by atoms with Crippen LogP contribution in [-0.2, 0) is 9.53 Å². The SMILES string of the molecule is CC1CC2CC1C1C(=O)OC(O)C21. The third-order valence-electron chi connectivity index (χ3n) is 4.24. The molecule has 0 spiro atoms. The molecule has 1 heterocycles. The van der Waals surface area contributed by atoms with Crippen LogP contribution in [0.2, 0.25) is 0 Å². The zero-order valence-electron chi connectivity index (χ0n) is 7.64. The van der Waals surface area contributed by atoms with E-state index in [0.29, 0.717) is 17.8 Å². The third-order valence-corrected chi connectivity index (χ3v) is 4.24. The van der Waals surface area contributed by atoms with Crippen molar-refractivity contribution in [3.8, 4) is 0 Å². The summed E-state index contributed by atoms with van der Waals surface area (Å²) >= 11 is 0. The molecule has 6 unspecified atom stereocenters. The summed E-state index contributed by atoms with van der Waals surface area (Å²) in [5.41, 5.74) is 0. The number of aliphatic hydroxyl groups excluding tert-OH is 1. The van der Waals surface area contributed by atoms with E-state index >= 15 is 0 Å². The quantitative estimate of drug-likeness (QED) is 0.563. The van der Waals surface area contributed by atoms with Gasteiger partial charge in [0, 0.05) is 5.92 Å². The molecule has 2 saturated carbocycles. The fourth-order valence-corrected chi connectivity index (χ4v) is 3.74. The second-order valence-electron chi connectivity index (χ2n) is 4.80. The van der Waals surface area contributed by atoms with Gasteiger partial charge in [-0.3, -0.25) is 4.79 Å². The Morgan fingerprint density at radius 2 is 2.23 bits per heavy atom. The smallest absolute Gasteiger partial charge is 0.312 e. The average molecular weight is 182 g/mol. The van der Waals surface area contributed by atoms with E-state index in [1.807, 2.05) is 0 Å². The highest BCUT2D eigenvalue weighted by molar-refractivity contribution is 5.76. The molecule has 0 aromatic heterocycles. The first-order valence-corrected chi connectivity index (χ1v) is 5.07. The number of carbonyl (C=O) groups is 1. The Morgan fingerprint density at radius 3 is 3.00 bits per heavy atom. The second-order valence-corrected chi connectivity index (χ2v) is 4.80. The number of cyclic esters (lactones) is 1. The highest BCUT2D eigenvalue weighted by atomic mass is 16.6. The van der Waals surface area contributed by atoms with Gasteiger partial charge in [0.1, 0.15) is 0 Å². The van der Waals surface area contributed by atoms with Crippen molar-refractivity contribution in [2.45, 2.75) is 26.1 Å². The van der Waals surface area contributed by atoms with Gasteiger partial charge < -0.3 is 9.84 Å². The number of esters is 1. The minimum atomic E-state index is -0.806. The van der Waals surface area contributed by atoms with Crippen LogP contribution in [0.4, 0.5) is 0 Å². The van der Waals surface area contributed by atoms with Crippen molar-refractivity contribution in [2.24, 2.45) is 29.6 Å². The van der Waals surface area contributed by atoms with Gasteiger partial charge in [0.15, 0.2) is 0 Å². The first kappa shape index (κ1) is 7.80. The van der Waals surface area contributed by atoms with Gasteiger partial charge in [0.25, 0.3) is 0 Å². The summed E-state index contributed by atoms with van der Waals surface area (Å²) in [7, 11) is 0. The second kappa shape index (κ2) is 2.27. The van der Waals surface area contributed by atoms with Gasteiger partial charge in [0.2, 0.25) is 6.29 Å². The predicted molar refractivity (Wildman–Crippen MR) is 44.5 cm³/mol. The van der Waals surface area contributed by atoms with Crippen molar-refractivity contribution < 1.29 is 14.6 Å². The molecule has 72 valence electrons. The van der Waals surface area contributed by atoms with E-state index in [4.69, 9.17) is 4.74 Å². The number of carbonyl (C=O) groups excluding carboxylic acids is 1. The first-order valence-electron chi connectivity index (χ1n) is 5.07. The summed E-state index contributed by atoms with van der Waals surface area (Å²) in [6, 6.07) is 0. The van der Waals surface area contributed by atoms with Gasteiger partial charge in [0.05, 0.1) is 5.92 Å². The fraction of sp³-hybridized carbons (Fsp3) is 0.900. The maximum Gasteiger partial charge on any atom is 0.312 e. The lowest BCUT2D eigenvalue weighted by Crippen LogP contribution is -2.30. The molecular formula is C10H14O3. The first-order chi connectivity index (χ1) is 6.18. The monoisotopic (exact) mass is 182 g/mol. The average Bonchev–Trinajstić information content (AvgIpc) is 2.64. The third kappa shape index (κ3) is 0.810. The summed E-state index contributed by atoms with van der Waals surface area (Å²) < 4.78 is 4.87. The van der Waals surface area contributed by atoms with Crippen LogP contribution in [0.15, 0.2) is 0 Å². The van der Waals surface area contributed by atoms with Crippen LogP contribution >= 0.6 is 0 Å². The van der Waals surface area contributed by atoms with Crippen LogP contribution in [0.25, 0.3) is 0 Å². The maximum atomic E-state index is 11.4. The molecule has 2 aliphatic carbocycles. The Kier molecular flexibility index (Phi) is 1.36. The van der Waals surface area contributed by atoms with E-state index in [2.05, 4.69) is 6.92 Å². The van der Waals surface area contributed by atoms with Crippen LogP contribution in [0.3, 0.4) is 0 Å². The molecule has 1 N–H and O–H groups in total. The summed E-state index contributed by atoms with van der Waals surface area (Å²) in [4.78, 5) is 11.4. The topological polar surface area (TPSA) is 46.5 Å². The molecule has 0 radical (unpaired) electrons. The summed E-state index contributed by atoms with van der Waals surface area (Å²) in [6.07, 6.45) is 1.49. The van der Waals surface area contributed by atoms with Crippen LogP contribution in [0.5, 0.6) is 0 Å². The van der Waals surface area contributed by atoms with Crippen molar-refractivity contribution in [3.05, 3.63) is 0 Å². The summed E-state index contributed by atoms with van der Waals surface area (Å²) in [5, 5.41) is 9.54. The minimum Gasteiger partial charge on any atom is -0.435 e. The van der Waals surface area contributed by atoms with Crippen molar-refractivity contribution in [1.82, 2.24) is 0 Å². The lowest BCUT2D eigenvalue weighted by atomic mass is 9.76. The number of hydrogen-bond donors (Lipinski definition) is 1.